The smallest absolute Gasteiger partial charge is 0.254 e. The van der Waals surface area contributed by atoms with Gasteiger partial charge in [0.2, 0.25) is 5.43 Å². The first-order valence-electron chi connectivity index (χ1n) is 5.56. The van der Waals surface area contributed by atoms with E-state index in [1.807, 2.05) is 16.7 Å². The van der Waals surface area contributed by atoms with Gasteiger partial charge in [-0.1, -0.05) is 12.1 Å². The maximum Gasteiger partial charge on any atom is 0.254 e. The molecule has 3 rings (SSSR count). The molecule has 4 nitrogen and oxygen atoms in total. The number of hydrogen-bond donors (Lipinski definition) is 1. The molecule has 1 unspecified atom stereocenters. The van der Waals surface area contributed by atoms with Crippen molar-refractivity contribution in [3.8, 4) is 0 Å². The summed E-state index contributed by atoms with van der Waals surface area (Å²) in [4.78, 5) is 23.4. The summed E-state index contributed by atoms with van der Waals surface area (Å²) in [6.45, 7) is 2.06. The van der Waals surface area contributed by atoms with Crippen molar-refractivity contribution in [1.82, 2.24) is 4.57 Å². The maximum atomic E-state index is 12.1. The van der Waals surface area contributed by atoms with Crippen molar-refractivity contribution in [3.05, 3.63) is 45.7 Å². The van der Waals surface area contributed by atoms with Crippen LogP contribution >= 0.6 is 0 Å². The third-order valence-electron chi connectivity index (χ3n) is 3.39. The molecule has 17 heavy (non-hydrogen) atoms. The monoisotopic (exact) mass is 228 g/mol. The lowest BCUT2D eigenvalue weighted by molar-refractivity contribution is 0.0998. The van der Waals surface area contributed by atoms with Crippen molar-refractivity contribution in [1.29, 1.82) is 0 Å². The highest BCUT2D eigenvalue weighted by Crippen LogP contribution is 2.30. The Hall–Kier alpha value is -2.10. The van der Waals surface area contributed by atoms with E-state index in [2.05, 4.69) is 6.92 Å². The van der Waals surface area contributed by atoms with Crippen LogP contribution in [0.15, 0.2) is 29.2 Å². The lowest BCUT2D eigenvalue weighted by Crippen LogP contribution is -2.23. The largest absolute Gasteiger partial charge is 0.365 e. The van der Waals surface area contributed by atoms with Crippen molar-refractivity contribution in [2.24, 2.45) is 5.73 Å². The van der Waals surface area contributed by atoms with E-state index in [9.17, 15) is 9.59 Å². The molecule has 1 aromatic heterocycles. The molecule has 1 amide bonds. The zero-order chi connectivity index (χ0) is 12.2. The Morgan fingerprint density at radius 1 is 1.47 bits per heavy atom. The van der Waals surface area contributed by atoms with Crippen LogP contribution in [0.3, 0.4) is 0 Å². The molecule has 2 N–H and O–H groups in total. The first kappa shape index (κ1) is 10.1. The molecule has 0 saturated carbocycles. The zero-order valence-corrected chi connectivity index (χ0v) is 9.43. The number of nitrogens with zero attached hydrogens (tertiary/aromatic N) is 1. The van der Waals surface area contributed by atoms with E-state index in [4.69, 9.17) is 5.73 Å². The highest BCUT2D eigenvalue weighted by Gasteiger charge is 2.23. The van der Waals surface area contributed by atoms with Gasteiger partial charge in [0.15, 0.2) is 0 Å². The Bertz CT molecular complexity index is 700. The topological polar surface area (TPSA) is 65.1 Å². The SMILES string of the molecule is CC1Cc2cccc3c(=O)c(C(N)=O)cn1c23. The van der Waals surface area contributed by atoms with Gasteiger partial charge in [0.25, 0.3) is 5.91 Å². The van der Waals surface area contributed by atoms with Crippen LogP contribution in [0.1, 0.15) is 28.9 Å². The third-order valence-corrected chi connectivity index (χ3v) is 3.39. The fourth-order valence-electron chi connectivity index (χ4n) is 2.59. The van der Waals surface area contributed by atoms with Crippen molar-refractivity contribution in [2.45, 2.75) is 19.4 Å². The average molecular weight is 228 g/mol. The number of aromatic nitrogens is 1. The van der Waals surface area contributed by atoms with Crippen molar-refractivity contribution >= 4 is 16.8 Å². The quantitative estimate of drug-likeness (QED) is 0.797. The Morgan fingerprint density at radius 2 is 2.24 bits per heavy atom. The summed E-state index contributed by atoms with van der Waals surface area (Å²) >= 11 is 0. The summed E-state index contributed by atoms with van der Waals surface area (Å²) in [5, 5.41) is 0.586. The highest BCUT2D eigenvalue weighted by atomic mass is 16.2. The fraction of sp³-hybridized carbons (Fsp3) is 0.231. The number of amides is 1. The summed E-state index contributed by atoms with van der Waals surface area (Å²) in [7, 11) is 0. The van der Waals surface area contributed by atoms with Crippen LogP contribution in [-0.2, 0) is 6.42 Å². The number of para-hydroxylation sites is 1. The molecule has 1 atom stereocenters. The molecule has 1 aliphatic heterocycles. The van der Waals surface area contributed by atoms with E-state index in [1.54, 1.807) is 12.3 Å². The lowest BCUT2D eigenvalue weighted by Gasteiger charge is -2.10. The maximum absolute atomic E-state index is 12.1. The molecule has 1 aliphatic rings. The highest BCUT2D eigenvalue weighted by molar-refractivity contribution is 5.97. The molecule has 4 heteroatoms. The van der Waals surface area contributed by atoms with Gasteiger partial charge in [0.1, 0.15) is 5.56 Å². The number of hydrogen-bond acceptors (Lipinski definition) is 2. The first-order valence-corrected chi connectivity index (χ1v) is 5.56. The van der Waals surface area contributed by atoms with Gasteiger partial charge < -0.3 is 10.3 Å². The Balaban J connectivity index is 2.53. The van der Waals surface area contributed by atoms with Gasteiger partial charge >= 0.3 is 0 Å². The van der Waals surface area contributed by atoms with Gasteiger partial charge in [-0.2, -0.15) is 0 Å². The van der Waals surface area contributed by atoms with E-state index in [0.717, 1.165) is 17.5 Å². The first-order chi connectivity index (χ1) is 8.09. The molecule has 86 valence electrons. The minimum atomic E-state index is -0.662. The summed E-state index contributed by atoms with van der Waals surface area (Å²) in [6, 6.07) is 5.88. The van der Waals surface area contributed by atoms with E-state index in [1.165, 1.54) is 0 Å². The van der Waals surface area contributed by atoms with Gasteiger partial charge in [0, 0.05) is 17.6 Å². The number of rotatable bonds is 1. The zero-order valence-electron chi connectivity index (χ0n) is 9.43. The molecule has 0 bridgehead atoms. The predicted molar refractivity (Wildman–Crippen MR) is 65.1 cm³/mol. The number of nitrogens with two attached hydrogens (primary N) is 1. The number of pyridine rings is 1. The van der Waals surface area contributed by atoms with Crippen LogP contribution < -0.4 is 11.2 Å². The fourth-order valence-corrected chi connectivity index (χ4v) is 2.59. The molecular weight excluding hydrogens is 216 g/mol. The Kier molecular flexibility index (Phi) is 1.90. The third kappa shape index (κ3) is 1.24. The molecular formula is C13H12N2O2. The van der Waals surface area contributed by atoms with Crippen LogP contribution in [-0.4, -0.2) is 10.5 Å². The van der Waals surface area contributed by atoms with E-state index < -0.39 is 5.91 Å². The molecule has 1 aromatic carbocycles. The second-order valence-corrected chi connectivity index (χ2v) is 4.51. The number of primary amides is 1. The molecule has 0 radical (unpaired) electrons. The number of carbonyl (C=O) groups is 1. The molecule has 0 aliphatic carbocycles. The Morgan fingerprint density at radius 3 is 2.94 bits per heavy atom. The molecule has 0 saturated heterocycles. The van der Waals surface area contributed by atoms with Crippen LogP contribution in [0.4, 0.5) is 0 Å². The van der Waals surface area contributed by atoms with Crippen molar-refractivity contribution < 1.29 is 4.79 Å². The molecule has 2 aromatic rings. The predicted octanol–water partition coefficient (Wildman–Crippen LogP) is 1.22. The molecule has 0 fully saturated rings. The standard InChI is InChI=1S/C13H12N2O2/c1-7-5-8-3-2-4-9-11(8)15(7)6-10(12(9)16)13(14)17/h2-4,6-7H,5H2,1H3,(H2,14,17). The summed E-state index contributed by atoms with van der Waals surface area (Å²) in [5.74, 6) is -0.662. The van der Waals surface area contributed by atoms with Gasteiger partial charge in [0.05, 0.1) is 5.52 Å². The summed E-state index contributed by atoms with van der Waals surface area (Å²) in [6.07, 6.45) is 2.48. The minimum Gasteiger partial charge on any atom is -0.365 e. The second kappa shape index (κ2) is 3.20. The van der Waals surface area contributed by atoms with Gasteiger partial charge in [-0.05, 0) is 25.0 Å². The lowest BCUT2D eigenvalue weighted by atomic mass is 10.1. The van der Waals surface area contributed by atoms with Gasteiger partial charge in [-0.3, -0.25) is 9.59 Å². The summed E-state index contributed by atoms with van der Waals surface area (Å²) < 4.78 is 1.98. The molecule has 0 spiro atoms. The van der Waals surface area contributed by atoms with Gasteiger partial charge in [-0.25, -0.2) is 0 Å². The minimum absolute atomic E-state index is 0.0726. The number of carbonyl (C=O) groups excluding carboxylic acids is 1. The average Bonchev–Trinajstić information content (AvgIpc) is 2.60. The van der Waals surface area contributed by atoms with E-state index in [0.29, 0.717) is 5.39 Å². The summed E-state index contributed by atoms with van der Waals surface area (Å²) in [5.41, 5.74) is 7.14. The van der Waals surface area contributed by atoms with Crippen LogP contribution in [0.2, 0.25) is 0 Å². The second-order valence-electron chi connectivity index (χ2n) is 4.51. The van der Waals surface area contributed by atoms with Crippen molar-refractivity contribution in [2.75, 3.05) is 0 Å². The van der Waals surface area contributed by atoms with Crippen LogP contribution in [0.5, 0.6) is 0 Å². The van der Waals surface area contributed by atoms with E-state index in [-0.39, 0.29) is 17.0 Å². The van der Waals surface area contributed by atoms with Gasteiger partial charge in [-0.15, -0.1) is 0 Å². The normalized spacial score (nSPS) is 17.6. The van der Waals surface area contributed by atoms with Crippen molar-refractivity contribution in [3.63, 3.8) is 0 Å². The van der Waals surface area contributed by atoms with E-state index >= 15 is 0 Å². The molecule has 2 heterocycles. The van der Waals surface area contributed by atoms with Crippen LogP contribution in [0, 0.1) is 0 Å². The Labute approximate surface area is 97.7 Å². The number of benzene rings is 1. The van der Waals surface area contributed by atoms with Crippen LogP contribution in [0.25, 0.3) is 10.9 Å².